The average molecular weight is 354 g/mol. The van der Waals surface area contributed by atoms with E-state index in [0.717, 1.165) is 16.4 Å². The first-order valence-electron chi connectivity index (χ1n) is 8.59. The highest BCUT2D eigenvalue weighted by atomic mass is 16.5. The number of rotatable bonds is 5. The highest BCUT2D eigenvalue weighted by molar-refractivity contribution is 6.06. The molecule has 6 heteroatoms. The van der Waals surface area contributed by atoms with Crippen molar-refractivity contribution in [3.05, 3.63) is 42.5 Å². The topological polar surface area (TPSA) is 80.6 Å². The number of amides is 2. The number of nitrogens with one attached hydrogen (secondary N) is 2. The van der Waals surface area contributed by atoms with E-state index >= 15 is 0 Å². The molecule has 0 spiro atoms. The second-order valence-electron chi connectivity index (χ2n) is 6.66. The lowest BCUT2D eigenvalue weighted by Crippen LogP contribution is -2.42. The minimum atomic E-state index is -0.721. The number of para-hydroxylation sites is 1. The molecule has 2 amide bonds. The first-order valence-corrected chi connectivity index (χ1v) is 8.59. The maximum atomic E-state index is 12.3. The monoisotopic (exact) mass is 354 g/mol. The molecule has 0 aliphatic heterocycles. The summed E-state index contributed by atoms with van der Waals surface area (Å²) in [6.45, 7) is 5.80. The number of benzene rings is 2. The van der Waals surface area contributed by atoms with Gasteiger partial charge in [0, 0.05) is 22.5 Å². The molecule has 0 bridgehead atoms. The van der Waals surface area contributed by atoms with Crippen molar-refractivity contribution in [1.82, 2.24) is 5.32 Å². The fourth-order valence-corrected chi connectivity index (χ4v) is 2.58. The SMILES string of the molecule is CC(C)COC(=O)N[C@@H](C)C(=O)Nc1ccc2c(c1)oc1ccccc12. The van der Waals surface area contributed by atoms with E-state index in [9.17, 15) is 9.59 Å². The smallest absolute Gasteiger partial charge is 0.407 e. The number of ether oxygens (including phenoxy) is 1. The van der Waals surface area contributed by atoms with Gasteiger partial charge in [-0.15, -0.1) is 0 Å². The number of alkyl carbamates (subject to hydrolysis) is 1. The molecule has 0 saturated carbocycles. The van der Waals surface area contributed by atoms with Gasteiger partial charge in [-0.2, -0.15) is 0 Å². The third-order valence-electron chi connectivity index (χ3n) is 3.92. The first kappa shape index (κ1) is 17.8. The van der Waals surface area contributed by atoms with E-state index in [-0.39, 0.29) is 11.8 Å². The molecule has 1 aromatic heterocycles. The maximum Gasteiger partial charge on any atom is 0.407 e. The molecule has 6 nitrogen and oxygen atoms in total. The van der Waals surface area contributed by atoms with Crippen molar-refractivity contribution < 1.29 is 18.7 Å². The number of hydrogen-bond acceptors (Lipinski definition) is 4. The number of carbonyl (C=O) groups excluding carboxylic acids is 2. The van der Waals surface area contributed by atoms with Gasteiger partial charge in [0.05, 0.1) is 6.61 Å². The molecule has 0 aliphatic rings. The predicted molar refractivity (Wildman–Crippen MR) is 101 cm³/mol. The van der Waals surface area contributed by atoms with E-state index in [0.29, 0.717) is 17.9 Å². The van der Waals surface area contributed by atoms with Crippen LogP contribution in [0.2, 0.25) is 0 Å². The van der Waals surface area contributed by atoms with Crippen molar-refractivity contribution in [3.63, 3.8) is 0 Å². The van der Waals surface area contributed by atoms with Crippen LogP contribution in [0.4, 0.5) is 10.5 Å². The lowest BCUT2D eigenvalue weighted by atomic mass is 10.1. The van der Waals surface area contributed by atoms with E-state index in [4.69, 9.17) is 9.15 Å². The highest BCUT2D eigenvalue weighted by Crippen LogP contribution is 2.30. The summed E-state index contributed by atoms with van der Waals surface area (Å²) in [6, 6.07) is 12.5. The molecule has 136 valence electrons. The molecule has 2 aromatic carbocycles. The Bertz CT molecular complexity index is 945. The summed E-state index contributed by atoms with van der Waals surface area (Å²) in [6.07, 6.45) is -0.603. The minimum Gasteiger partial charge on any atom is -0.456 e. The Labute approximate surface area is 151 Å². The van der Waals surface area contributed by atoms with Crippen LogP contribution in [0.5, 0.6) is 0 Å². The normalized spacial score (nSPS) is 12.3. The lowest BCUT2D eigenvalue weighted by molar-refractivity contribution is -0.117. The largest absolute Gasteiger partial charge is 0.456 e. The van der Waals surface area contributed by atoms with E-state index in [1.807, 2.05) is 50.2 Å². The van der Waals surface area contributed by atoms with Gasteiger partial charge in [0.1, 0.15) is 17.2 Å². The predicted octanol–water partition coefficient (Wildman–Crippen LogP) is 4.30. The Morgan fingerprint density at radius 3 is 2.54 bits per heavy atom. The summed E-state index contributed by atoms with van der Waals surface area (Å²) in [5.41, 5.74) is 2.10. The van der Waals surface area contributed by atoms with E-state index in [2.05, 4.69) is 10.6 Å². The van der Waals surface area contributed by atoms with E-state index in [1.54, 1.807) is 13.0 Å². The molecular weight excluding hydrogens is 332 g/mol. The van der Waals surface area contributed by atoms with Gasteiger partial charge in [-0.1, -0.05) is 32.0 Å². The van der Waals surface area contributed by atoms with Crippen molar-refractivity contribution >= 4 is 39.6 Å². The maximum absolute atomic E-state index is 12.3. The van der Waals surface area contributed by atoms with Crippen LogP contribution in [0.1, 0.15) is 20.8 Å². The van der Waals surface area contributed by atoms with Crippen LogP contribution in [0.3, 0.4) is 0 Å². The van der Waals surface area contributed by atoms with Gasteiger partial charge in [-0.05, 0) is 31.0 Å². The van der Waals surface area contributed by atoms with Crippen LogP contribution >= 0.6 is 0 Å². The zero-order valence-electron chi connectivity index (χ0n) is 15.0. The molecule has 3 rings (SSSR count). The lowest BCUT2D eigenvalue weighted by Gasteiger charge is -2.15. The van der Waals surface area contributed by atoms with Crippen molar-refractivity contribution in [2.24, 2.45) is 5.92 Å². The number of anilines is 1. The highest BCUT2D eigenvalue weighted by Gasteiger charge is 2.17. The third kappa shape index (κ3) is 3.96. The number of fused-ring (bicyclic) bond motifs is 3. The summed E-state index contributed by atoms with van der Waals surface area (Å²) in [4.78, 5) is 23.9. The number of furan rings is 1. The van der Waals surface area contributed by atoms with Gasteiger partial charge in [-0.25, -0.2) is 4.79 Å². The van der Waals surface area contributed by atoms with E-state index < -0.39 is 12.1 Å². The molecule has 26 heavy (non-hydrogen) atoms. The standard InChI is InChI=1S/C20H22N2O4/c1-12(2)11-25-20(24)21-13(3)19(23)22-14-8-9-16-15-6-4-5-7-17(15)26-18(16)10-14/h4-10,12-13H,11H2,1-3H3,(H,21,24)(H,22,23)/t13-/m0/s1. The number of hydrogen-bond donors (Lipinski definition) is 2. The molecule has 0 saturated heterocycles. The quantitative estimate of drug-likeness (QED) is 0.716. The summed E-state index contributed by atoms with van der Waals surface area (Å²) in [5, 5.41) is 7.32. The third-order valence-corrected chi connectivity index (χ3v) is 3.92. The molecule has 0 radical (unpaired) electrons. The average Bonchev–Trinajstić information content (AvgIpc) is 2.97. The summed E-state index contributed by atoms with van der Waals surface area (Å²) >= 11 is 0. The van der Waals surface area contributed by atoms with Crippen molar-refractivity contribution in [1.29, 1.82) is 0 Å². The molecule has 3 aromatic rings. The van der Waals surface area contributed by atoms with Crippen LogP contribution < -0.4 is 10.6 Å². The Morgan fingerprint density at radius 1 is 1.04 bits per heavy atom. The van der Waals surface area contributed by atoms with Gasteiger partial charge in [0.25, 0.3) is 0 Å². The second-order valence-corrected chi connectivity index (χ2v) is 6.66. The fourth-order valence-electron chi connectivity index (χ4n) is 2.58. The molecule has 0 fully saturated rings. The van der Waals surface area contributed by atoms with Crippen LogP contribution in [0.25, 0.3) is 21.9 Å². The Hall–Kier alpha value is -3.02. The number of carbonyl (C=O) groups is 2. The Balaban J connectivity index is 1.67. The minimum absolute atomic E-state index is 0.236. The molecule has 1 atom stereocenters. The van der Waals surface area contributed by atoms with Gasteiger partial charge in [-0.3, -0.25) is 4.79 Å². The Morgan fingerprint density at radius 2 is 1.77 bits per heavy atom. The summed E-state index contributed by atoms with van der Waals surface area (Å²) in [7, 11) is 0. The van der Waals surface area contributed by atoms with Crippen LogP contribution in [-0.2, 0) is 9.53 Å². The fraction of sp³-hybridized carbons (Fsp3) is 0.300. The summed E-state index contributed by atoms with van der Waals surface area (Å²) < 4.78 is 10.8. The van der Waals surface area contributed by atoms with E-state index in [1.165, 1.54) is 0 Å². The molecule has 0 unspecified atom stereocenters. The second kappa shape index (κ2) is 7.47. The van der Waals surface area contributed by atoms with Crippen LogP contribution in [-0.4, -0.2) is 24.6 Å². The van der Waals surface area contributed by atoms with Crippen molar-refractivity contribution in [3.8, 4) is 0 Å². The van der Waals surface area contributed by atoms with Gasteiger partial charge in [0.2, 0.25) is 5.91 Å². The zero-order chi connectivity index (χ0) is 18.7. The van der Waals surface area contributed by atoms with Gasteiger partial charge < -0.3 is 19.8 Å². The van der Waals surface area contributed by atoms with Crippen molar-refractivity contribution in [2.45, 2.75) is 26.8 Å². The summed E-state index contributed by atoms with van der Waals surface area (Å²) in [5.74, 6) is -0.0950. The molecule has 1 heterocycles. The van der Waals surface area contributed by atoms with Crippen LogP contribution in [0.15, 0.2) is 46.9 Å². The molecular formula is C20H22N2O4. The zero-order valence-corrected chi connectivity index (χ0v) is 15.0. The van der Waals surface area contributed by atoms with Gasteiger partial charge in [0.15, 0.2) is 0 Å². The van der Waals surface area contributed by atoms with Crippen molar-refractivity contribution in [2.75, 3.05) is 11.9 Å². The van der Waals surface area contributed by atoms with Crippen LogP contribution in [0, 0.1) is 5.92 Å². The Kier molecular flexibility index (Phi) is 5.11. The molecule has 2 N–H and O–H groups in total. The molecule has 0 aliphatic carbocycles. The van der Waals surface area contributed by atoms with Gasteiger partial charge >= 0.3 is 6.09 Å². The first-order chi connectivity index (χ1) is 12.4.